The first-order valence-electron chi connectivity index (χ1n) is 16.9. The van der Waals surface area contributed by atoms with Crippen LogP contribution in [-0.2, 0) is 0 Å². The van der Waals surface area contributed by atoms with E-state index in [0.29, 0.717) is 0 Å². The van der Waals surface area contributed by atoms with Gasteiger partial charge < -0.3 is 4.42 Å². The highest BCUT2D eigenvalue weighted by Gasteiger charge is 2.21. The van der Waals surface area contributed by atoms with Crippen molar-refractivity contribution in [1.82, 2.24) is 0 Å². The highest BCUT2D eigenvalue weighted by molar-refractivity contribution is 6.29. The number of hydrogen-bond donors (Lipinski definition) is 0. The van der Waals surface area contributed by atoms with Crippen LogP contribution in [0.2, 0.25) is 0 Å². The van der Waals surface area contributed by atoms with Crippen molar-refractivity contribution < 1.29 is 4.42 Å². The summed E-state index contributed by atoms with van der Waals surface area (Å²) >= 11 is 0. The Kier molecular flexibility index (Phi) is 5.45. The van der Waals surface area contributed by atoms with Gasteiger partial charge in [0.15, 0.2) is 0 Å². The first-order chi connectivity index (χ1) is 24.3. The van der Waals surface area contributed by atoms with Crippen molar-refractivity contribution in [3.63, 3.8) is 0 Å². The highest BCUT2D eigenvalue weighted by Crippen LogP contribution is 2.48. The molecule has 49 heavy (non-hydrogen) atoms. The van der Waals surface area contributed by atoms with Crippen molar-refractivity contribution >= 4 is 75.8 Å². The topological polar surface area (TPSA) is 13.1 Å². The maximum atomic E-state index is 6.34. The lowest BCUT2D eigenvalue weighted by molar-refractivity contribution is 0.669. The molecular formula is C48H28O. The lowest BCUT2D eigenvalue weighted by Crippen LogP contribution is -1.92. The van der Waals surface area contributed by atoms with E-state index in [0.717, 1.165) is 11.2 Å². The second-order valence-electron chi connectivity index (χ2n) is 13.2. The first kappa shape index (κ1) is 26.6. The van der Waals surface area contributed by atoms with Crippen molar-refractivity contribution in [3.05, 3.63) is 170 Å². The second-order valence-corrected chi connectivity index (χ2v) is 13.2. The van der Waals surface area contributed by atoms with E-state index in [-0.39, 0.29) is 0 Å². The smallest absolute Gasteiger partial charge is 0.136 e. The Balaban J connectivity index is 1.17. The molecule has 0 radical (unpaired) electrons. The highest BCUT2D eigenvalue weighted by atomic mass is 16.3. The van der Waals surface area contributed by atoms with Gasteiger partial charge in [-0.1, -0.05) is 146 Å². The van der Waals surface area contributed by atoms with Crippen LogP contribution < -0.4 is 0 Å². The van der Waals surface area contributed by atoms with E-state index in [1.807, 2.05) is 0 Å². The van der Waals surface area contributed by atoms with Crippen LogP contribution in [-0.4, -0.2) is 0 Å². The molecule has 0 bridgehead atoms. The Bertz CT molecular complexity index is 3030. The van der Waals surface area contributed by atoms with Gasteiger partial charge in [-0.15, -0.1) is 0 Å². The molecule has 11 aromatic rings. The molecule has 0 aliphatic heterocycles. The lowest BCUT2D eigenvalue weighted by Gasteiger charge is -2.19. The zero-order valence-electron chi connectivity index (χ0n) is 26.6. The minimum absolute atomic E-state index is 0.940. The van der Waals surface area contributed by atoms with E-state index in [1.54, 1.807) is 0 Å². The van der Waals surface area contributed by atoms with E-state index in [1.165, 1.54) is 98.0 Å². The molecule has 0 spiro atoms. The van der Waals surface area contributed by atoms with Gasteiger partial charge >= 0.3 is 0 Å². The van der Waals surface area contributed by atoms with Crippen molar-refractivity contribution in [2.24, 2.45) is 0 Å². The van der Waals surface area contributed by atoms with E-state index < -0.39 is 0 Å². The largest absolute Gasteiger partial charge is 0.456 e. The Morgan fingerprint density at radius 2 is 0.776 bits per heavy atom. The molecule has 0 unspecified atom stereocenters. The Hall–Kier alpha value is -6.44. The van der Waals surface area contributed by atoms with Gasteiger partial charge in [-0.25, -0.2) is 0 Å². The average Bonchev–Trinajstić information content (AvgIpc) is 3.56. The van der Waals surface area contributed by atoms with Crippen LogP contribution in [0.5, 0.6) is 0 Å². The third-order valence-corrected chi connectivity index (χ3v) is 10.6. The molecule has 0 aliphatic carbocycles. The van der Waals surface area contributed by atoms with Crippen molar-refractivity contribution in [2.75, 3.05) is 0 Å². The Morgan fingerprint density at radius 3 is 1.49 bits per heavy atom. The number of hydrogen-bond acceptors (Lipinski definition) is 1. The maximum absolute atomic E-state index is 6.34. The molecule has 1 nitrogen and oxygen atoms in total. The predicted octanol–water partition coefficient (Wildman–Crippen LogP) is 13.8. The number of furan rings is 1. The fourth-order valence-electron chi connectivity index (χ4n) is 8.52. The molecular weight excluding hydrogens is 593 g/mol. The van der Waals surface area contributed by atoms with Crippen LogP contribution in [0.4, 0.5) is 0 Å². The van der Waals surface area contributed by atoms with Crippen molar-refractivity contribution in [3.8, 4) is 33.4 Å². The van der Waals surface area contributed by atoms with Crippen molar-refractivity contribution in [1.29, 1.82) is 0 Å². The van der Waals surface area contributed by atoms with E-state index >= 15 is 0 Å². The fraction of sp³-hybridized carbons (Fsp3) is 0. The van der Waals surface area contributed by atoms with E-state index in [2.05, 4.69) is 170 Å². The third kappa shape index (κ3) is 3.76. The van der Waals surface area contributed by atoms with Gasteiger partial charge in [0.05, 0.1) is 0 Å². The van der Waals surface area contributed by atoms with Gasteiger partial charge in [-0.05, 0) is 112 Å². The normalized spacial score (nSPS) is 12.1. The third-order valence-electron chi connectivity index (χ3n) is 10.6. The summed E-state index contributed by atoms with van der Waals surface area (Å²) in [4.78, 5) is 0. The van der Waals surface area contributed by atoms with E-state index in [9.17, 15) is 0 Å². The van der Waals surface area contributed by atoms with Gasteiger partial charge in [0.2, 0.25) is 0 Å². The Labute approximate surface area is 282 Å². The molecule has 0 aliphatic rings. The summed E-state index contributed by atoms with van der Waals surface area (Å²) < 4.78 is 6.34. The van der Waals surface area contributed by atoms with Crippen molar-refractivity contribution in [2.45, 2.75) is 0 Å². The summed E-state index contributed by atoms with van der Waals surface area (Å²) in [5, 5.41) is 15.0. The first-order valence-corrected chi connectivity index (χ1v) is 16.9. The minimum Gasteiger partial charge on any atom is -0.456 e. The molecule has 0 fully saturated rings. The van der Waals surface area contributed by atoms with Crippen LogP contribution in [0.1, 0.15) is 0 Å². The van der Waals surface area contributed by atoms with Gasteiger partial charge in [0.1, 0.15) is 11.2 Å². The summed E-state index contributed by atoms with van der Waals surface area (Å²) in [7, 11) is 0. The lowest BCUT2D eigenvalue weighted by atomic mass is 9.83. The summed E-state index contributed by atoms with van der Waals surface area (Å²) in [6.45, 7) is 0. The van der Waals surface area contributed by atoms with Crippen LogP contribution in [0.3, 0.4) is 0 Å². The standard InChI is InChI=1S/C48H28O/c1-2-13-33-31(11-1)27-41(35-15-4-3-14-34(33)35)29-23-25-30(26-24-29)45-36-16-5-7-18-38(36)47(39-19-8-6-17-37(39)45)42-28-32-12-9-21-43-46(32)48-40(42)20-10-22-44(48)49-43/h1-28H. The fourth-order valence-corrected chi connectivity index (χ4v) is 8.52. The zero-order valence-corrected chi connectivity index (χ0v) is 26.6. The minimum atomic E-state index is 0.940. The van der Waals surface area contributed by atoms with E-state index in [4.69, 9.17) is 4.42 Å². The molecule has 1 heterocycles. The molecule has 1 heteroatoms. The maximum Gasteiger partial charge on any atom is 0.136 e. The number of benzene rings is 10. The summed E-state index contributed by atoms with van der Waals surface area (Å²) in [5.74, 6) is 0. The van der Waals surface area contributed by atoms with Crippen LogP contribution in [0.15, 0.2) is 174 Å². The summed E-state index contributed by atoms with van der Waals surface area (Å²) in [6, 6.07) is 62.1. The Morgan fingerprint density at radius 1 is 0.286 bits per heavy atom. The molecule has 10 aromatic carbocycles. The molecule has 0 N–H and O–H groups in total. The summed E-state index contributed by atoms with van der Waals surface area (Å²) in [6.07, 6.45) is 0. The van der Waals surface area contributed by atoms with Gasteiger partial charge in [-0.2, -0.15) is 0 Å². The van der Waals surface area contributed by atoms with Crippen LogP contribution in [0, 0.1) is 0 Å². The zero-order chi connectivity index (χ0) is 32.1. The molecule has 0 amide bonds. The monoisotopic (exact) mass is 620 g/mol. The quantitative estimate of drug-likeness (QED) is 0.141. The number of rotatable bonds is 3. The SMILES string of the molecule is c1ccc2c(c1)cc(-c1ccc(-c3c4ccccc4c(-c4cc5cccc6oc7cccc4c7c56)c4ccccc34)cc1)c1ccccc12. The predicted molar refractivity (Wildman–Crippen MR) is 209 cm³/mol. The van der Waals surface area contributed by atoms with Crippen LogP contribution >= 0.6 is 0 Å². The number of fused-ring (bicyclic) bond motifs is 5. The molecule has 0 saturated carbocycles. The molecule has 1 aromatic heterocycles. The summed E-state index contributed by atoms with van der Waals surface area (Å²) in [5.41, 5.74) is 9.37. The van der Waals surface area contributed by atoms with Gasteiger partial charge in [0.25, 0.3) is 0 Å². The molecule has 0 saturated heterocycles. The molecule has 226 valence electrons. The average molecular weight is 621 g/mol. The second kappa shape index (κ2) is 10.0. The van der Waals surface area contributed by atoms with Crippen LogP contribution in [0.25, 0.3) is 109 Å². The van der Waals surface area contributed by atoms with Gasteiger partial charge in [-0.3, -0.25) is 0 Å². The van der Waals surface area contributed by atoms with Gasteiger partial charge in [0, 0.05) is 10.8 Å². The molecule has 0 atom stereocenters. The molecule has 11 rings (SSSR count).